The second kappa shape index (κ2) is 7.01. The number of non-ortho nitro benzene ring substituents is 1. The Bertz CT molecular complexity index is 884. The third-order valence-electron chi connectivity index (χ3n) is 3.80. The minimum Gasteiger partial charge on any atom is -0.324 e. The molecule has 1 unspecified atom stereocenters. The van der Waals surface area contributed by atoms with E-state index in [1.54, 1.807) is 30.3 Å². The van der Waals surface area contributed by atoms with Crippen LogP contribution < -0.4 is 10.6 Å². The summed E-state index contributed by atoms with van der Waals surface area (Å²) in [5, 5.41) is 15.7. The van der Waals surface area contributed by atoms with E-state index < -0.39 is 35.4 Å². The molecule has 2 aromatic rings. The fraction of sp³-hybridized carbons (Fsp3) is 0.118. The van der Waals surface area contributed by atoms with Crippen molar-refractivity contribution in [2.45, 2.75) is 6.04 Å². The topological polar surface area (TPSA) is 122 Å². The molecule has 0 aliphatic carbocycles. The highest BCUT2D eigenvalue weighted by Crippen LogP contribution is 2.22. The SMILES string of the molecule is O=C(CN1C(=O)NC(c2ccccc2)C1=O)Nc1cccc([N+](=O)[O-])c1. The van der Waals surface area contributed by atoms with E-state index in [1.807, 2.05) is 0 Å². The molecule has 1 heterocycles. The first-order valence-electron chi connectivity index (χ1n) is 7.67. The standard InChI is InChI=1S/C17H14N4O5/c22-14(18-12-7-4-8-13(9-12)21(25)26)10-20-16(23)15(19-17(20)24)11-5-2-1-3-6-11/h1-9,15H,10H2,(H,18,22)(H,19,24). The summed E-state index contributed by atoms with van der Waals surface area (Å²) in [6.07, 6.45) is 0. The van der Waals surface area contributed by atoms with Gasteiger partial charge in [-0.15, -0.1) is 0 Å². The molecule has 4 amide bonds. The monoisotopic (exact) mass is 354 g/mol. The van der Waals surface area contributed by atoms with Crippen molar-refractivity contribution in [1.82, 2.24) is 10.2 Å². The molecule has 1 aliphatic heterocycles. The van der Waals surface area contributed by atoms with Crippen LogP contribution in [0.5, 0.6) is 0 Å². The van der Waals surface area contributed by atoms with Crippen LogP contribution in [0.1, 0.15) is 11.6 Å². The number of imide groups is 1. The molecule has 132 valence electrons. The Morgan fingerprint density at radius 1 is 1.15 bits per heavy atom. The number of carbonyl (C=O) groups is 3. The molecular formula is C17H14N4O5. The molecule has 3 rings (SSSR count). The molecule has 2 aromatic carbocycles. The minimum atomic E-state index is -0.839. The first kappa shape index (κ1) is 17.1. The van der Waals surface area contributed by atoms with Crippen molar-refractivity contribution in [3.63, 3.8) is 0 Å². The highest BCUT2D eigenvalue weighted by Gasteiger charge is 2.39. The molecule has 1 saturated heterocycles. The van der Waals surface area contributed by atoms with Crippen LogP contribution >= 0.6 is 0 Å². The van der Waals surface area contributed by atoms with Crippen molar-refractivity contribution in [3.05, 3.63) is 70.3 Å². The molecule has 0 bridgehead atoms. The Balaban J connectivity index is 1.68. The summed E-state index contributed by atoms with van der Waals surface area (Å²) in [6, 6.07) is 12.6. The van der Waals surface area contributed by atoms with Crippen molar-refractivity contribution in [1.29, 1.82) is 0 Å². The van der Waals surface area contributed by atoms with Gasteiger partial charge < -0.3 is 10.6 Å². The van der Waals surface area contributed by atoms with Gasteiger partial charge in [0, 0.05) is 17.8 Å². The maximum absolute atomic E-state index is 12.4. The lowest BCUT2D eigenvalue weighted by atomic mass is 10.1. The smallest absolute Gasteiger partial charge is 0.324 e. The number of benzene rings is 2. The zero-order valence-electron chi connectivity index (χ0n) is 13.4. The van der Waals surface area contributed by atoms with E-state index in [-0.39, 0.29) is 11.4 Å². The number of nitro groups is 1. The van der Waals surface area contributed by atoms with Crippen LogP contribution in [0.25, 0.3) is 0 Å². The Kier molecular flexibility index (Phi) is 4.61. The number of hydrogen-bond donors (Lipinski definition) is 2. The van der Waals surface area contributed by atoms with Crippen LogP contribution in [0, 0.1) is 10.1 Å². The Labute approximate surface area is 147 Å². The summed E-state index contributed by atoms with van der Waals surface area (Å²) in [5.41, 5.74) is 0.644. The quantitative estimate of drug-likeness (QED) is 0.482. The number of anilines is 1. The van der Waals surface area contributed by atoms with Crippen LogP contribution in [0.15, 0.2) is 54.6 Å². The zero-order valence-corrected chi connectivity index (χ0v) is 13.4. The molecule has 0 radical (unpaired) electrons. The molecule has 2 N–H and O–H groups in total. The van der Waals surface area contributed by atoms with Gasteiger partial charge >= 0.3 is 6.03 Å². The molecular weight excluding hydrogens is 340 g/mol. The molecule has 0 saturated carbocycles. The van der Waals surface area contributed by atoms with Gasteiger partial charge in [0.2, 0.25) is 5.91 Å². The average Bonchev–Trinajstić information content (AvgIpc) is 2.91. The predicted octanol–water partition coefficient (Wildman–Crippen LogP) is 1.83. The summed E-state index contributed by atoms with van der Waals surface area (Å²) in [7, 11) is 0. The lowest BCUT2D eigenvalue weighted by Gasteiger charge is -2.13. The van der Waals surface area contributed by atoms with Gasteiger partial charge in [-0.05, 0) is 11.6 Å². The lowest BCUT2D eigenvalue weighted by Crippen LogP contribution is -2.38. The number of hydrogen-bond acceptors (Lipinski definition) is 5. The van der Waals surface area contributed by atoms with E-state index in [1.165, 1.54) is 24.3 Å². The number of nitrogens with zero attached hydrogens (tertiary/aromatic N) is 2. The first-order valence-corrected chi connectivity index (χ1v) is 7.67. The van der Waals surface area contributed by atoms with Gasteiger partial charge in [-0.2, -0.15) is 0 Å². The number of amides is 4. The van der Waals surface area contributed by atoms with Crippen molar-refractivity contribution < 1.29 is 19.3 Å². The van der Waals surface area contributed by atoms with Gasteiger partial charge in [0.15, 0.2) is 0 Å². The van der Waals surface area contributed by atoms with Gasteiger partial charge in [0.25, 0.3) is 11.6 Å². The molecule has 1 fully saturated rings. The van der Waals surface area contributed by atoms with Crippen LogP contribution in [0.4, 0.5) is 16.2 Å². The summed E-state index contributed by atoms with van der Waals surface area (Å²) in [6.45, 7) is -0.489. The van der Waals surface area contributed by atoms with E-state index in [0.29, 0.717) is 5.56 Å². The van der Waals surface area contributed by atoms with Crippen molar-refractivity contribution >= 4 is 29.2 Å². The third kappa shape index (κ3) is 3.51. The summed E-state index contributed by atoms with van der Waals surface area (Å²) < 4.78 is 0. The largest absolute Gasteiger partial charge is 0.325 e. The number of rotatable bonds is 5. The second-order valence-electron chi connectivity index (χ2n) is 5.57. The Hall–Kier alpha value is -3.75. The zero-order chi connectivity index (χ0) is 18.7. The molecule has 9 heteroatoms. The Morgan fingerprint density at radius 2 is 1.88 bits per heavy atom. The van der Waals surface area contributed by atoms with E-state index in [0.717, 1.165) is 4.90 Å². The van der Waals surface area contributed by atoms with E-state index in [2.05, 4.69) is 10.6 Å². The fourth-order valence-corrected chi connectivity index (χ4v) is 2.58. The maximum Gasteiger partial charge on any atom is 0.325 e. The fourth-order valence-electron chi connectivity index (χ4n) is 2.58. The van der Waals surface area contributed by atoms with Gasteiger partial charge in [-0.3, -0.25) is 24.6 Å². The maximum atomic E-state index is 12.4. The minimum absolute atomic E-state index is 0.179. The third-order valence-corrected chi connectivity index (χ3v) is 3.80. The summed E-state index contributed by atoms with van der Waals surface area (Å²) in [4.78, 5) is 47.6. The number of nitro benzene ring substituents is 1. The molecule has 1 aliphatic rings. The second-order valence-corrected chi connectivity index (χ2v) is 5.57. The van der Waals surface area contributed by atoms with E-state index >= 15 is 0 Å². The summed E-state index contributed by atoms with van der Waals surface area (Å²) >= 11 is 0. The molecule has 26 heavy (non-hydrogen) atoms. The van der Waals surface area contributed by atoms with Gasteiger partial charge in [0.1, 0.15) is 12.6 Å². The summed E-state index contributed by atoms with van der Waals surface area (Å²) in [5.74, 6) is -1.17. The van der Waals surface area contributed by atoms with Crippen LogP contribution in [0.2, 0.25) is 0 Å². The normalized spacial score (nSPS) is 16.3. The lowest BCUT2D eigenvalue weighted by molar-refractivity contribution is -0.384. The highest BCUT2D eigenvalue weighted by molar-refractivity contribution is 6.08. The molecule has 0 aromatic heterocycles. The van der Waals surface area contributed by atoms with Crippen LogP contribution in [0.3, 0.4) is 0 Å². The molecule has 0 spiro atoms. The van der Waals surface area contributed by atoms with Gasteiger partial charge in [0.05, 0.1) is 4.92 Å². The predicted molar refractivity (Wildman–Crippen MR) is 91.2 cm³/mol. The highest BCUT2D eigenvalue weighted by atomic mass is 16.6. The van der Waals surface area contributed by atoms with Crippen LogP contribution in [-0.4, -0.2) is 34.2 Å². The van der Waals surface area contributed by atoms with Crippen LogP contribution in [-0.2, 0) is 9.59 Å². The van der Waals surface area contributed by atoms with Crippen molar-refractivity contribution in [3.8, 4) is 0 Å². The molecule has 9 nitrogen and oxygen atoms in total. The first-order chi connectivity index (χ1) is 12.5. The number of urea groups is 1. The van der Waals surface area contributed by atoms with Gasteiger partial charge in [-0.25, -0.2) is 4.79 Å². The van der Waals surface area contributed by atoms with E-state index in [4.69, 9.17) is 0 Å². The van der Waals surface area contributed by atoms with Gasteiger partial charge in [-0.1, -0.05) is 36.4 Å². The van der Waals surface area contributed by atoms with Crippen molar-refractivity contribution in [2.75, 3.05) is 11.9 Å². The average molecular weight is 354 g/mol. The number of carbonyl (C=O) groups excluding carboxylic acids is 3. The Morgan fingerprint density at radius 3 is 2.58 bits per heavy atom. The molecule has 1 atom stereocenters. The number of nitrogens with one attached hydrogen (secondary N) is 2. The van der Waals surface area contributed by atoms with Crippen molar-refractivity contribution in [2.24, 2.45) is 0 Å². The van der Waals surface area contributed by atoms with E-state index in [9.17, 15) is 24.5 Å².